The first-order valence-electron chi connectivity index (χ1n) is 8.66. The predicted octanol–water partition coefficient (Wildman–Crippen LogP) is 3.46. The van der Waals surface area contributed by atoms with Crippen LogP contribution in [-0.2, 0) is 6.42 Å². The first-order valence-corrected chi connectivity index (χ1v) is 8.66. The van der Waals surface area contributed by atoms with E-state index >= 15 is 0 Å². The second-order valence-electron chi connectivity index (χ2n) is 6.28. The van der Waals surface area contributed by atoms with Crippen molar-refractivity contribution < 1.29 is 19.0 Å². The number of amides is 1. The summed E-state index contributed by atoms with van der Waals surface area (Å²) in [5.41, 5.74) is 2.35. The fraction of sp³-hybridized carbons (Fsp3) is 0.238. The van der Waals surface area contributed by atoms with Gasteiger partial charge in [0.2, 0.25) is 0 Å². The summed E-state index contributed by atoms with van der Waals surface area (Å²) >= 11 is 0. The molecule has 2 aromatic carbocycles. The van der Waals surface area contributed by atoms with Gasteiger partial charge in [0, 0.05) is 17.5 Å². The molecule has 0 spiro atoms. The molecule has 1 aliphatic rings. The quantitative estimate of drug-likeness (QED) is 0.709. The van der Waals surface area contributed by atoms with Crippen LogP contribution in [0.4, 0.5) is 5.82 Å². The Hall–Kier alpha value is -3.28. The van der Waals surface area contributed by atoms with Gasteiger partial charge in [0.05, 0.1) is 21.3 Å². The first-order chi connectivity index (χ1) is 13.2. The number of methoxy groups -OCH3 is 3. The molecule has 3 aromatic rings. The highest BCUT2D eigenvalue weighted by molar-refractivity contribution is 6.07. The minimum Gasteiger partial charge on any atom is -0.494 e. The maximum Gasteiger partial charge on any atom is 0.259 e. The van der Waals surface area contributed by atoms with Gasteiger partial charge in [0.15, 0.2) is 11.5 Å². The van der Waals surface area contributed by atoms with Crippen LogP contribution in [-0.4, -0.2) is 38.8 Å². The molecule has 0 unspecified atom stereocenters. The van der Waals surface area contributed by atoms with E-state index in [0.717, 1.165) is 22.9 Å². The minimum absolute atomic E-state index is 0.114. The topological polar surface area (TPSA) is 60.9 Å². The van der Waals surface area contributed by atoms with Crippen molar-refractivity contribution in [1.82, 2.24) is 4.98 Å². The molecule has 0 fully saturated rings. The van der Waals surface area contributed by atoms with Gasteiger partial charge in [-0.2, -0.15) is 0 Å². The lowest BCUT2D eigenvalue weighted by Gasteiger charge is -2.18. The number of benzene rings is 2. The number of ether oxygens (including phenoxy) is 3. The number of hydrogen-bond donors (Lipinski definition) is 0. The molecule has 1 aromatic heterocycles. The SMILES string of the molecule is COc1ccc(C(=O)N2CCc3cc4cccc(OC)c4nc32)cc1OC. The maximum atomic E-state index is 13.1. The number of rotatable bonds is 4. The standard InChI is InChI=1S/C21H20N2O4/c1-25-16-8-7-15(12-18(16)27-3)21(24)23-10-9-14-11-13-5-4-6-17(26-2)19(13)22-20(14)23/h4-8,11-12H,9-10H2,1-3H3. The molecular weight excluding hydrogens is 344 g/mol. The Morgan fingerprint density at radius 3 is 2.48 bits per heavy atom. The molecule has 6 nitrogen and oxygen atoms in total. The Bertz CT molecular complexity index is 1030. The lowest BCUT2D eigenvalue weighted by atomic mass is 10.1. The van der Waals surface area contributed by atoms with E-state index in [1.807, 2.05) is 18.2 Å². The van der Waals surface area contributed by atoms with Gasteiger partial charge >= 0.3 is 0 Å². The summed E-state index contributed by atoms with van der Waals surface area (Å²) in [6.07, 6.45) is 0.772. The van der Waals surface area contributed by atoms with Crippen LogP contribution in [0.2, 0.25) is 0 Å². The normalized spacial score (nSPS) is 12.8. The summed E-state index contributed by atoms with van der Waals surface area (Å²) in [6, 6.07) is 13.1. The van der Waals surface area contributed by atoms with Gasteiger partial charge in [-0.15, -0.1) is 0 Å². The average molecular weight is 364 g/mol. The van der Waals surface area contributed by atoms with Gasteiger partial charge in [-0.25, -0.2) is 4.98 Å². The molecule has 4 rings (SSSR count). The van der Waals surface area contributed by atoms with Gasteiger partial charge < -0.3 is 14.2 Å². The van der Waals surface area contributed by atoms with Crippen LogP contribution < -0.4 is 19.1 Å². The number of anilines is 1. The fourth-order valence-corrected chi connectivity index (χ4v) is 3.45. The molecule has 0 atom stereocenters. The average Bonchev–Trinajstić information content (AvgIpc) is 3.13. The van der Waals surface area contributed by atoms with Crippen LogP contribution in [0, 0.1) is 0 Å². The second kappa shape index (κ2) is 6.79. The molecule has 0 N–H and O–H groups in total. The van der Waals surface area contributed by atoms with Crippen LogP contribution >= 0.6 is 0 Å². The molecule has 6 heteroatoms. The van der Waals surface area contributed by atoms with E-state index < -0.39 is 0 Å². The van der Waals surface area contributed by atoms with Crippen LogP contribution in [0.15, 0.2) is 42.5 Å². The Morgan fingerprint density at radius 1 is 0.963 bits per heavy atom. The van der Waals surface area contributed by atoms with Crippen LogP contribution in [0.5, 0.6) is 17.2 Å². The number of carbonyl (C=O) groups is 1. The summed E-state index contributed by atoms with van der Waals surface area (Å²) in [7, 11) is 4.74. The first kappa shape index (κ1) is 17.1. The zero-order valence-corrected chi connectivity index (χ0v) is 15.5. The van der Waals surface area contributed by atoms with Crippen molar-refractivity contribution in [2.24, 2.45) is 0 Å². The summed E-state index contributed by atoms with van der Waals surface area (Å²) < 4.78 is 16.0. The molecule has 2 heterocycles. The number of para-hydroxylation sites is 1. The summed E-state index contributed by atoms with van der Waals surface area (Å²) in [5, 5.41) is 1.01. The van der Waals surface area contributed by atoms with E-state index in [1.54, 1.807) is 44.4 Å². The maximum absolute atomic E-state index is 13.1. The number of nitrogens with zero attached hydrogens (tertiary/aromatic N) is 2. The Kier molecular flexibility index (Phi) is 4.32. The van der Waals surface area contributed by atoms with Crippen molar-refractivity contribution >= 4 is 22.6 Å². The smallest absolute Gasteiger partial charge is 0.259 e. The Morgan fingerprint density at radius 2 is 1.74 bits per heavy atom. The largest absolute Gasteiger partial charge is 0.494 e. The Balaban J connectivity index is 1.75. The zero-order valence-electron chi connectivity index (χ0n) is 15.5. The molecule has 1 amide bonds. The zero-order chi connectivity index (χ0) is 19.0. The molecule has 0 bridgehead atoms. The van der Waals surface area contributed by atoms with Gasteiger partial charge in [-0.3, -0.25) is 9.69 Å². The molecule has 0 radical (unpaired) electrons. The van der Waals surface area contributed by atoms with Crippen LogP contribution in [0.1, 0.15) is 15.9 Å². The van der Waals surface area contributed by atoms with Gasteiger partial charge in [-0.1, -0.05) is 12.1 Å². The number of carbonyl (C=O) groups excluding carboxylic acids is 1. The lowest BCUT2D eigenvalue weighted by Crippen LogP contribution is -2.29. The summed E-state index contributed by atoms with van der Waals surface area (Å²) in [6.45, 7) is 0.591. The molecule has 0 saturated heterocycles. The number of aromatic nitrogens is 1. The monoisotopic (exact) mass is 364 g/mol. The summed E-state index contributed by atoms with van der Waals surface area (Å²) in [4.78, 5) is 19.6. The van der Waals surface area contributed by atoms with E-state index in [9.17, 15) is 4.79 Å². The molecule has 138 valence electrons. The molecular formula is C21H20N2O4. The predicted molar refractivity (Wildman–Crippen MR) is 103 cm³/mol. The van der Waals surface area contributed by atoms with E-state index in [2.05, 4.69) is 6.07 Å². The number of hydrogen-bond acceptors (Lipinski definition) is 5. The van der Waals surface area contributed by atoms with Gasteiger partial charge in [0.25, 0.3) is 5.91 Å². The van der Waals surface area contributed by atoms with Crippen molar-refractivity contribution in [3.8, 4) is 17.2 Å². The molecule has 0 saturated carbocycles. The van der Waals surface area contributed by atoms with Gasteiger partial charge in [-0.05, 0) is 42.3 Å². The fourth-order valence-electron chi connectivity index (χ4n) is 3.45. The van der Waals surface area contributed by atoms with Crippen molar-refractivity contribution in [2.75, 3.05) is 32.8 Å². The van der Waals surface area contributed by atoms with Crippen LogP contribution in [0.25, 0.3) is 10.9 Å². The number of pyridine rings is 1. The van der Waals surface area contributed by atoms with Crippen molar-refractivity contribution in [1.29, 1.82) is 0 Å². The number of fused-ring (bicyclic) bond motifs is 2. The molecule has 0 aliphatic carbocycles. The van der Waals surface area contributed by atoms with Crippen LogP contribution in [0.3, 0.4) is 0 Å². The Labute approximate surface area is 157 Å². The molecule has 1 aliphatic heterocycles. The minimum atomic E-state index is -0.114. The highest BCUT2D eigenvalue weighted by Crippen LogP contribution is 2.35. The third kappa shape index (κ3) is 2.83. The van der Waals surface area contributed by atoms with E-state index in [0.29, 0.717) is 35.2 Å². The van der Waals surface area contributed by atoms with Crippen molar-refractivity contribution in [3.63, 3.8) is 0 Å². The van der Waals surface area contributed by atoms with Crippen molar-refractivity contribution in [3.05, 3.63) is 53.6 Å². The van der Waals surface area contributed by atoms with E-state index in [1.165, 1.54) is 0 Å². The van der Waals surface area contributed by atoms with Crippen molar-refractivity contribution in [2.45, 2.75) is 6.42 Å². The highest BCUT2D eigenvalue weighted by atomic mass is 16.5. The lowest BCUT2D eigenvalue weighted by molar-refractivity contribution is 0.0988. The van der Waals surface area contributed by atoms with E-state index in [4.69, 9.17) is 19.2 Å². The molecule has 27 heavy (non-hydrogen) atoms. The second-order valence-corrected chi connectivity index (χ2v) is 6.28. The third-order valence-electron chi connectivity index (χ3n) is 4.82. The summed E-state index contributed by atoms with van der Waals surface area (Å²) in [5.74, 6) is 2.38. The van der Waals surface area contributed by atoms with E-state index in [-0.39, 0.29) is 5.91 Å². The highest BCUT2D eigenvalue weighted by Gasteiger charge is 2.28. The van der Waals surface area contributed by atoms with Gasteiger partial charge in [0.1, 0.15) is 17.1 Å². The third-order valence-corrected chi connectivity index (χ3v) is 4.82.